The third-order valence-electron chi connectivity index (χ3n) is 5.66. The van der Waals surface area contributed by atoms with E-state index in [0.717, 1.165) is 0 Å². The minimum absolute atomic E-state index is 0.208. The van der Waals surface area contributed by atoms with Crippen LogP contribution in [0.5, 0.6) is 0 Å². The predicted molar refractivity (Wildman–Crippen MR) is 133 cm³/mol. The van der Waals surface area contributed by atoms with Crippen LogP contribution in [0, 0.1) is 0 Å². The number of carbonyl (C=O) groups is 5. The van der Waals surface area contributed by atoms with Crippen LogP contribution in [0.25, 0.3) is 0 Å². The van der Waals surface area contributed by atoms with Gasteiger partial charge in [0.25, 0.3) is 0 Å². The van der Waals surface area contributed by atoms with Crippen LogP contribution in [-0.2, 0) is 47.6 Å². The summed E-state index contributed by atoms with van der Waals surface area (Å²) < 4.78 is 33.0. The summed E-state index contributed by atoms with van der Waals surface area (Å²) in [5.41, 5.74) is -0.534. The zero-order valence-electron chi connectivity index (χ0n) is 23.3. The summed E-state index contributed by atoms with van der Waals surface area (Å²) in [5.74, 6) is -2.40. The number of carbonyl (C=O) groups excluding carboxylic acids is 5. The fourth-order valence-corrected chi connectivity index (χ4v) is 3.59. The van der Waals surface area contributed by atoms with Gasteiger partial charge in [-0.15, -0.1) is 0 Å². The molecule has 0 aromatic rings. The summed E-state index contributed by atoms with van der Waals surface area (Å²) in [6, 6.07) is -1.01. The molecule has 1 rings (SSSR count). The van der Waals surface area contributed by atoms with E-state index >= 15 is 0 Å². The molecule has 2 N–H and O–H groups in total. The van der Waals surface area contributed by atoms with Gasteiger partial charge in [0.05, 0.1) is 0 Å². The Bertz CT molecular complexity index is 817. The second-order valence-corrected chi connectivity index (χ2v) is 9.58. The third-order valence-corrected chi connectivity index (χ3v) is 5.66. The van der Waals surface area contributed by atoms with E-state index < -0.39 is 66.2 Å². The molecule has 0 aromatic heterocycles. The average molecular weight is 547 g/mol. The summed E-state index contributed by atoms with van der Waals surface area (Å²) in [7, 11) is 0. The molecule has 1 heterocycles. The van der Waals surface area contributed by atoms with Crippen LogP contribution in [-0.4, -0.2) is 85.9 Å². The van der Waals surface area contributed by atoms with Crippen molar-refractivity contribution in [2.45, 2.75) is 110 Å². The van der Waals surface area contributed by atoms with Crippen molar-refractivity contribution < 1.29 is 52.4 Å². The van der Waals surface area contributed by atoms with E-state index in [1.165, 1.54) is 27.7 Å². The number of alkyl carbamates (subject to hydrolysis) is 1. The van der Waals surface area contributed by atoms with Crippen LogP contribution in [0.3, 0.4) is 0 Å². The van der Waals surface area contributed by atoms with Gasteiger partial charge in [-0.2, -0.15) is 0 Å². The number of ether oxygens (including phenoxy) is 6. The molecule has 1 aliphatic rings. The number of rotatable bonds is 14. The van der Waals surface area contributed by atoms with Gasteiger partial charge < -0.3 is 39.1 Å². The van der Waals surface area contributed by atoms with E-state index in [1.807, 2.05) is 20.8 Å². The van der Waals surface area contributed by atoms with Crippen LogP contribution >= 0.6 is 0 Å². The van der Waals surface area contributed by atoms with Crippen LogP contribution in [0.1, 0.15) is 74.1 Å². The van der Waals surface area contributed by atoms with Gasteiger partial charge in [-0.3, -0.25) is 19.2 Å². The summed E-state index contributed by atoms with van der Waals surface area (Å²) in [5, 5.41) is 5.36. The Kier molecular flexibility index (Phi) is 14.0. The Labute approximate surface area is 223 Å². The Hall–Kier alpha value is -2.93. The normalized spacial score (nSPS) is 23.1. The lowest BCUT2D eigenvalue weighted by Gasteiger charge is -2.44. The zero-order chi connectivity index (χ0) is 28.9. The predicted octanol–water partition coefficient (Wildman–Crippen LogP) is 1.74. The molecule has 5 atom stereocenters. The molecule has 0 aliphatic carbocycles. The fraction of sp³-hybridized carbons (Fsp3) is 0.800. The summed E-state index contributed by atoms with van der Waals surface area (Å²) in [6.07, 6.45) is -2.27. The minimum atomic E-state index is -1.17. The monoisotopic (exact) mass is 546 g/mol. The maximum Gasteiger partial charge on any atom is 0.407 e. The Balaban J connectivity index is 2.81. The van der Waals surface area contributed by atoms with Gasteiger partial charge in [-0.05, 0) is 39.5 Å². The topological polar surface area (TPSA) is 165 Å². The number of hydrogen-bond acceptors (Lipinski definition) is 11. The molecule has 1 saturated heterocycles. The van der Waals surface area contributed by atoms with Gasteiger partial charge in [0, 0.05) is 40.8 Å². The largest absolute Gasteiger partial charge is 0.463 e. The maximum atomic E-state index is 11.9. The first-order valence-electron chi connectivity index (χ1n) is 12.7. The zero-order valence-corrected chi connectivity index (χ0v) is 23.3. The molecule has 0 bridgehead atoms. The number of amides is 2. The van der Waals surface area contributed by atoms with Crippen LogP contribution in [0.4, 0.5) is 4.79 Å². The molecule has 1 fully saturated rings. The Morgan fingerprint density at radius 3 is 2.05 bits per heavy atom. The average Bonchev–Trinajstić information content (AvgIpc) is 2.79. The molecular weight excluding hydrogens is 504 g/mol. The van der Waals surface area contributed by atoms with Gasteiger partial charge in [0.1, 0.15) is 24.4 Å². The lowest BCUT2D eigenvalue weighted by molar-refractivity contribution is -0.277. The van der Waals surface area contributed by atoms with E-state index in [9.17, 15) is 24.0 Å². The van der Waals surface area contributed by atoms with Crippen molar-refractivity contribution in [3.63, 3.8) is 0 Å². The molecule has 13 nitrogen and oxygen atoms in total. The van der Waals surface area contributed by atoms with Gasteiger partial charge in [-0.25, -0.2) is 4.79 Å². The van der Waals surface area contributed by atoms with Crippen LogP contribution < -0.4 is 10.6 Å². The molecule has 38 heavy (non-hydrogen) atoms. The smallest absolute Gasteiger partial charge is 0.407 e. The van der Waals surface area contributed by atoms with Gasteiger partial charge >= 0.3 is 24.0 Å². The summed E-state index contributed by atoms with van der Waals surface area (Å²) in [4.78, 5) is 58.8. The first kappa shape index (κ1) is 33.1. The van der Waals surface area contributed by atoms with Crippen molar-refractivity contribution in [1.29, 1.82) is 0 Å². The highest BCUT2D eigenvalue weighted by Gasteiger charge is 2.51. The SMILES string of the molecule is CCC(C)(C)OC(=O)NCCCCCO[C@@H]1O[C@H](COC(C)=O)[C@H](OC(C)=O)[C@H](OC(C)=O)[C@@H]1NC(C)=O. The molecule has 218 valence electrons. The van der Waals surface area contributed by atoms with Crippen molar-refractivity contribution in [3.8, 4) is 0 Å². The lowest BCUT2D eigenvalue weighted by Crippen LogP contribution is -2.66. The lowest BCUT2D eigenvalue weighted by atomic mass is 9.96. The van der Waals surface area contributed by atoms with Crippen molar-refractivity contribution in [3.05, 3.63) is 0 Å². The fourth-order valence-electron chi connectivity index (χ4n) is 3.59. The van der Waals surface area contributed by atoms with Crippen molar-refractivity contribution in [2.75, 3.05) is 19.8 Å². The maximum absolute atomic E-state index is 11.9. The summed E-state index contributed by atoms with van der Waals surface area (Å²) >= 11 is 0. The van der Waals surface area contributed by atoms with Gasteiger partial charge in [-0.1, -0.05) is 6.92 Å². The highest BCUT2D eigenvalue weighted by Crippen LogP contribution is 2.28. The van der Waals surface area contributed by atoms with Crippen molar-refractivity contribution in [1.82, 2.24) is 10.6 Å². The van der Waals surface area contributed by atoms with E-state index in [1.54, 1.807) is 0 Å². The molecule has 0 saturated carbocycles. The third kappa shape index (κ3) is 12.5. The molecule has 0 aromatic carbocycles. The number of nitrogens with one attached hydrogen (secondary N) is 2. The highest BCUT2D eigenvalue weighted by atomic mass is 16.7. The quantitative estimate of drug-likeness (QED) is 0.185. The first-order valence-corrected chi connectivity index (χ1v) is 12.7. The standard InChI is InChI=1S/C25H42N2O11/c1-8-25(6,7)38-24(32)26-12-10-9-11-13-33-23-20(27-15(2)28)22(36-18(5)31)21(35-17(4)30)19(37-23)14-34-16(3)29/h19-23H,8-14H2,1-7H3,(H,26,32)(H,27,28)/t19-,20+,21+,22-,23-/m1/s1. The Morgan fingerprint density at radius 2 is 1.50 bits per heavy atom. The van der Waals surface area contributed by atoms with Crippen molar-refractivity contribution in [2.24, 2.45) is 0 Å². The van der Waals surface area contributed by atoms with Gasteiger partial charge in [0.15, 0.2) is 18.5 Å². The van der Waals surface area contributed by atoms with Crippen LogP contribution in [0.15, 0.2) is 0 Å². The van der Waals surface area contributed by atoms with Gasteiger partial charge in [0.2, 0.25) is 5.91 Å². The molecule has 0 radical (unpaired) electrons. The number of unbranched alkanes of at least 4 members (excludes halogenated alkanes) is 2. The van der Waals surface area contributed by atoms with E-state index in [4.69, 9.17) is 28.4 Å². The summed E-state index contributed by atoms with van der Waals surface area (Å²) in [6.45, 7) is 10.8. The van der Waals surface area contributed by atoms with Crippen molar-refractivity contribution >= 4 is 29.9 Å². The Morgan fingerprint density at radius 1 is 0.868 bits per heavy atom. The van der Waals surface area contributed by atoms with Crippen LogP contribution in [0.2, 0.25) is 0 Å². The molecule has 1 aliphatic heterocycles. The molecule has 0 spiro atoms. The molecule has 13 heteroatoms. The number of esters is 3. The van der Waals surface area contributed by atoms with E-state index in [-0.39, 0.29) is 13.2 Å². The van der Waals surface area contributed by atoms with E-state index in [0.29, 0.717) is 32.2 Å². The second kappa shape index (κ2) is 16.1. The molecular formula is C25H42N2O11. The molecule has 2 amide bonds. The number of hydrogen-bond donors (Lipinski definition) is 2. The highest BCUT2D eigenvalue weighted by molar-refractivity contribution is 5.73. The minimum Gasteiger partial charge on any atom is -0.463 e. The second-order valence-electron chi connectivity index (χ2n) is 9.58. The van der Waals surface area contributed by atoms with E-state index in [2.05, 4.69) is 10.6 Å². The molecule has 0 unspecified atom stereocenters. The first-order chi connectivity index (χ1) is 17.8.